The minimum atomic E-state index is -0.368. The molecule has 0 spiro atoms. The Morgan fingerprint density at radius 3 is 3.13 bits per heavy atom. The fourth-order valence-electron chi connectivity index (χ4n) is 1.65. The zero-order chi connectivity index (χ0) is 10.7. The van der Waals surface area contributed by atoms with E-state index in [-0.39, 0.29) is 17.0 Å². The van der Waals surface area contributed by atoms with Crippen LogP contribution in [0.1, 0.15) is 30.1 Å². The molecule has 2 heterocycles. The Kier molecular flexibility index (Phi) is 2.79. The van der Waals surface area contributed by atoms with Gasteiger partial charge < -0.3 is 9.72 Å². The highest BCUT2D eigenvalue weighted by atomic mass is 16.5. The van der Waals surface area contributed by atoms with Gasteiger partial charge in [-0.1, -0.05) is 0 Å². The zero-order valence-electron chi connectivity index (χ0n) is 8.19. The number of hydrogen-bond acceptors (Lipinski definition) is 4. The Balaban J connectivity index is 2.26. The van der Waals surface area contributed by atoms with E-state index in [0.717, 1.165) is 19.4 Å². The molecular formula is C10H11N3O2. The summed E-state index contributed by atoms with van der Waals surface area (Å²) in [6.45, 7) is 1.37. The van der Waals surface area contributed by atoms with Gasteiger partial charge in [-0.2, -0.15) is 5.26 Å². The normalized spacial score (nSPS) is 20.9. The Hall–Kier alpha value is -1.67. The zero-order valence-corrected chi connectivity index (χ0v) is 8.19. The fraction of sp³-hybridized carbons (Fsp3) is 0.500. The molecule has 1 aliphatic heterocycles. The van der Waals surface area contributed by atoms with Crippen LogP contribution in [0.3, 0.4) is 0 Å². The van der Waals surface area contributed by atoms with E-state index in [1.165, 1.54) is 6.20 Å². The summed E-state index contributed by atoms with van der Waals surface area (Å²) >= 11 is 0. The molecule has 0 bridgehead atoms. The topological polar surface area (TPSA) is 78.8 Å². The van der Waals surface area contributed by atoms with Crippen LogP contribution in [0.15, 0.2) is 11.0 Å². The number of aromatic nitrogens is 2. The second-order valence-electron chi connectivity index (χ2n) is 3.54. The number of aromatic amines is 1. The van der Waals surface area contributed by atoms with Gasteiger partial charge in [0, 0.05) is 12.5 Å². The van der Waals surface area contributed by atoms with Crippen molar-refractivity contribution in [2.24, 2.45) is 0 Å². The molecule has 1 unspecified atom stereocenters. The van der Waals surface area contributed by atoms with E-state index in [9.17, 15) is 4.79 Å². The standard InChI is InChI=1S/C10H11N3O2/c11-4-8-5-12-9(13-10(8)14)7-2-1-3-15-6-7/h5,7H,1-3,6H2,(H,12,13,14). The number of H-pyrrole nitrogens is 1. The van der Waals surface area contributed by atoms with Crippen LogP contribution >= 0.6 is 0 Å². The molecule has 5 heteroatoms. The van der Waals surface area contributed by atoms with Gasteiger partial charge in [0.1, 0.15) is 17.5 Å². The first-order valence-corrected chi connectivity index (χ1v) is 4.88. The summed E-state index contributed by atoms with van der Waals surface area (Å²) in [7, 11) is 0. The summed E-state index contributed by atoms with van der Waals surface area (Å²) in [6.07, 6.45) is 3.27. The number of hydrogen-bond donors (Lipinski definition) is 1. The van der Waals surface area contributed by atoms with Gasteiger partial charge in [-0.15, -0.1) is 0 Å². The molecule has 1 saturated heterocycles. The molecule has 1 fully saturated rings. The SMILES string of the molecule is N#Cc1cnc(C2CCCOC2)[nH]c1=O. The monoisotopic (exact) mass is 205 g/mol. The van der Waals surface area contributed by atoms with Gasteiger partial charge in [0.15, 0.2) is 0 Å². The maximum atomic E-state index is 11.4. The van der Waals surface area contributed by atoms with E-state index in [1.54, 1.807) is 6.07 Å². The highest BCUT2D eigenvalue weighted by molar-refractivity contribution is 5.22. The lowest BCUT2D eigenvalue weighted by atomic mass is 10.0. The van der Waals surface area contributed by atoms with Crippen LogP contribution in [0.25, 0.3) is 0 Å². The number of ether oxygens (including phenoxy) is 1. The van der Waals surface area contributed by atoms with E-state index in [2.05, 4.69) is 9.97 Å². The van der Waals surface area contributed by atoms with Crippen LogP contribution in [0.4, 0.5) is 0 Å². The van der Waals surface area contributed by atoms with Gasteiger partial charge in [0.05, 0.1) is 12.8 Å². The molecule has 2 rings (SSSR count). The minimum absolute atomic E-state index is 0.0514. The third-order valence-electron chi connectivity index (χ3n) is 2.49. The first kappa shape index (κ1) is 9.87. The van der Waals surface area contributed by atoms with Crippen molar-refractivity contribution in [1.29, 1.82) is 5.26 Å². The molecule has 0 saturated carbocycles. The summed E-state index contributed by atoms with van der Waals surface area (Å²) in [5.41, 5.74) is -0.316. The first-order valence-electron chi connectivity index (χ1n) is 4.88. The van der Waals surface area contributed by atoms with E-state index in [1.807, 2.05) is 0 Å². The van der Waals surface area contributed by atoms with Crippen LogP contribution in [0, 0.1) is 11.3 Å². The van der Waals surface area contributed by atoms with Crippen LogP contribution in [0.5, 0.6) is 0 Å². The molecule has 0 aromatic carbocycles. The highest BCUT2D eigenvalue weighted by Gasteiger charge is 2.18. The average Bonchev–Trinajstić information content (AvgIpc) is 2.30. The fourth-order valence-corrected chi connectivity index (χ4v) is 1.65. The highest BCUT2D eigenvalue weighted by Crippen LogP contribution is 2.21. The van der Waals surface area contributed by atoms with Crippen molar-refractivity contribution in [3.8, 4) is 6.07 Å². The van der Waals surface area contributed by atoms with E-state index < -0.39 is 0 Å². The van der Waals surface area contributed by atoms with E-state index >= 15 is 0 Å². The number of nitrogens with one attached hydrogen (secondary N) is 1. The van der Waals surface area contributed by atoms with Gasteiger partial charge in [-0.3, -0.25) is 4.79 Å². The van der Waals surface area contributed by atoms with Crippen molar-refractivity contribution < 1.29 is 4.74 Å². The molecule has 0 radical (unpaired) electrons. The summed E-state index contributed by atoms with van der Waals surface area (Å²) in [5.74, 6) is 0.776. The quantitative estimate of drug-likeness (QED) is 0.725. The molecule has 1 atom stereocenters. The molecule has 0 amide bonds. The smallest absolute Gasteiger partial charge is 0.268 e. The molecule has 15 heavy (non-hydrogen) atoms. The maximum Gasteiger partial charge on any atom is 0.268 e. The molecule has 0 aliphatic carbocycles. The van der Waals surface area contributed by atoms with Crippen molar-refractivity contribution >= 4 is 0 Å². The Bertz CT molecular complexity index is 441. The third kappa shape index (κ3) is 2.05. The Morgan fingerprint density at radius 2 is 2.53 bits per heavy atom. The molecule has 1 aromatic heterocycles. The molecule has 1 aromatic rings. The van der Waals surface area contributed by atoms with Crippen LogP contribution in [-0.2, 0) is 4.74 Å². The van der Waals surface area contributed by atoms with Crippen molar-refractivity contribution in [2.45, 2.75) is 18.8 Å². The van der Waals surface area contributed by atoms with Gasteiger partial charge in [-0.25, -0.2) is 4.98 Å². The van der Waals surface area contributed by atoms with Gasteiger partial charge >= 0.3 is 0 Å². The molecular weight excluding hydrogens is 194 g/mol. The average molecular weight is 205 g/mol. The predicted molar refractivity (Wildman–Crippen MR) is 52.4 cm³/mol. The number of nitrogens with zero attached hydrogens (tertiary/aromatic N) is 2. The van der Waals surface area contributed by atoms with Crippen LogP contribution < -0.4 is 5.56 Å². The minimum Gasteiger partial charge on any atom is -0.381 e. The molecule has 78 valence electrons. The molecule has 5 nitrogen and oxygen atoms in total. The lowest BCUT2D eigenvalue weighted by molar-refractivity contribution is 0.0780. The van der Waals surface area contributed by atoms with Crippen molar-refractivity contribution in [3.05, 3.63) is 27.9 Å². The van der Waals surface area contributed by atoms with Crippen LogP contribution in [0.2, 0.25) is 0 Å². The largest absolute Gasteiger partial charge is 0.381 e. The number of rotatable bonds is 1. The van der Waals surface area contributed by atoms with E-state index in [0.29, 0.717) is 12.4 Å². The van der Waals surface area contributed by atoms with Crippen LogP contribution in [-0.4, -0.2) is 23.2 Å². The summed E-state index contributed by atoms with van der Waals surface area (Å²) in [4.78, 5) is 18.1. The van der Waals surface area contributed by atoms with Crippen molar-refractivity contribution in [1.82, 2.24) is 9.97 Å². The summed E-state index contributed by atoms with van der Waals surface area (Å²) in [6, 6.07) is 1.79. The van der Waals surface area contributed by atoms with Gasteiger partial charge in [0.2, 0.25) is 0 Å². The number of nitriles is 1. The lowest BCUT2D eigenvalue weighted by Crippen LogP contribution is -2.22. The summed E-state index contributed by atoms with van der Waals surface area (Å²) < 4.78 is 5.31. The van der Waals surface area contributed by atoms with Crippen molar-refractivity contribution in [3.63, 3.8) is 0 Å². The lowest BCUT2D eigenvalue weighted by Gasteiger charge is -2.20. The second kappa shape index (κ2) is 4.24. The molecule has 1 N–H and O–H groups in total. The third-order valence-corrected chi connectivity index (χ3v) is 2.49. The van der Waals surface area contributed by atoms with Crippen molar-refractivity contribution in [2.75, 3.05) is 13.2 Å². The molecule has 1 aliphatic rings. The maximum absolute atomic E-state index is 11.4. The Labute approximate surface area is 86.7 Å². The first-order chi connectivity index (χ1) is 7.31. The van der Waals surface area contributed by atoms with Gasteiger partial charge in [0.25, 0.3) is 5.56 Å². The Morgan fingerprint density at radius 1 is 1.67 bits per heavy atom. The van der Waals surface area contributed by atoms with Gasteiger partial charge in [-0.05, 0) is 12.8 Å². The summed E-state index contributed by atoms with van der Waals surface area (Å²) in [5, 5.41) is 8.58. The predicted octanol–water partition coefficient (Wildman–Crippen LogP) is 0.536. The van der Waals surface area contributed by atoms with E-state index in [4.69, 9.17) is 10.00 Å². The second-order valence-corrected chi connectivity index (χ2v) is 3.54.